The molecule has 0 fully saturated rings. The predicted octanol–water partition coefficient (Wildman–Crippen LogP) is 2.87. The SMILES string of the molecule is C#CCC(O)(c1ccccc1)c1ccc(OC(C)=O)cc1. The molecule has 1 unspecified atom stereocenters. The van der Waals surface area contributed by atoms with Gasteiger partial charge in [-0.3, -0.25) is 4.79 Å². The summed E-state index contributed by atoms with van der Waals surface area (Å²) >= 11 is 0. The first-order valence-corrected chi connectivity index (χ1v) is 6.56. The first-order chi connectivity index (χ1) is 10.1. The Hall–Kier alpha value is -2.57. The lowest BCUT2D eigenvalue weighted by Crippen LogP contribution is -2.26. The van der Waals surface area contributed by atoms with Gasteiger partial charge in [-0.2, -0.15) is 0 Å². The van der Waals surface area contributed by atoms with Gasteiger partial charge in [-0.1, -0.05) is 42.5 Å². The molecule has 2 aromatic rings. The van der Waals surface area contributed by atoms with Crippen LogP contribution in [0.25, 0.3) is 0 Å². The number of rotatable bonds is 4. The van der Waals surface area contributed by atoms with E-state index < -0.39 is 5.60 Å². The van der Waals surface area contributed by atoms with E-state index in [9.17, 15) is 9.90 Å². The Bertz CT molecular complexity index is 653. The molecule has 0 bridgehead atoms. The van der Waals surface area contributed by atoms with Gasteiger partial charge in [-0.05, 0) is 23.3 Å². The van der Waals surface area contributed by atoms with Crippen LogP contribution < -0.4 is 4.74 Å². The summed E-state index contributed by atoms with van der Waals surface area (Å²) in [5, 5.41) is 11.0. The van der Waals surface area contributed by atoms with E-state index in [1.807, 2.05) is 30.3 Å². The molecule has 3 heteroatoms. The normalized spacial score (nSPS) is 13.0. The second-order valence-electron chi connectivity index (χ2n) is 4.73. The van der Waals surface area contributed by atoms with Gasteiger partial charge in [0.2, 0.25) is 0 Å². The molecule has 0 saturated heterocycles. The van der Waals surface area contributed by atoms with Crippen molar-refractivity contribution in [3.8, 4) is 18.1 Å². The smallest absolute Gasteiger partial charge is 0.308 e. The summed E-state index contributed by atoms with van der Waals surface area (Å²) in [5.41, 5.74) is 0.121. The number of ether oxygens (including phenoxy) is 1. The highest BCUT2D eigenvalue weighted by Crippen LogP contribution is 2.33. The number of esters is 1. The Balaban J connectivity index is 2.39. The molecule has 0 amide bonds. The fraction of sp³-hybridized carbons (Fsp3) is 0.167. The first kappa shape index (κ1) is 14.8. The Morgan fingerprint density at radius 3 is 2.24 bits per heavy atom. The van der Waals surface area contributed by atoms with Gasteiger partial charge >= 0.3 is 5.97 Å². The average molecular weight is 280 g/mol. The summed E-state index contributed by atoms with van der Waals surface area (Å²) in [6, 6.07) is 15.9. The van der Waals surface area contributed by atoms with Crippen LogP contribution in [-0.4, -0.2) is 11.1 Å². The van der Waals surface area contributed by atoms with Crippen molar-refractivity contribution in [2.24, 2.45) is 0 Å². The number of carbonyl (C=O) groups is 1. The quantitative estimate of drug-likeness (QED) is 0.532. The molecule has 0 aromatic heterocycles. The number of aliphatic hydroxyl groups is 1. The van der Waals surface area contributed by atoms with Crippen molar-refractivity contribution in [1.82, 2.24) is 0 Å². The molecule has 2 rings (SSSR count). The van der Waals surface area contributed by atoms with E-state index in [2.05, 4.69) is 5.92 Å². The molecule has 0 saturated carbocycles. The van der Waals surface area contributed by atoms with Gasteiger partial charge in [0.25, 0.3) is 0 Å². The van der Waals surface area contributed by atoms with Gasteiger partial charge in [0.05, 0.1) is 0 Å². The van der Waals surface area contributed by atoms with Gasteiger partial charge in [0, 0.05) is 13.3 Å². The molecule has 0 spiro atoms. The van der Waals surface area contributed by atoms with Crippen LogP contribution in [0.4, 0.5) is 0 Å². The zero-order chi connectivity index (χ0) is 15.3. The van der Waals surface area contributed by atoms with Crippen LogP contribution in [-0.2, 0) is 10.4 Å². The van der Waals surface area contributed by atoms with Crippen molar-refractivity contribution in [3.05, 3.63) is 65.7 Å². The van der Waals surface area contributed by atoms with Crippen molar-refractivity contribution in [2.75, 3.05) is 0 Å². The van der Waals surface area contributed by atoms with Crippen LogP contribution in [0.5, 0.6) is 5.75 Å². The van der Waals surface area contributed by atoms with Crippen molar-refractivity contribution >= 4 is 5.97 Å². The van der Waals surface area contributed by atoms with Gasteiger partial charge in [0.1, 0.15) is 11.4 Å². The van der Waals surface area contributed by atoms with Crippen LogP contribution in [0.3, 0.4) is 0 Å². The highest BCUT2D eigenvalue weighted by atomic mass is 16.5. The zero-order valence-corrected chi connectivity index (χ0v) is 11.7. The van der Waals surface area contributed by atoms with Crippen LogP contribution in [0, 0.1) is 12.3 Å². The van der Waals surface area contributed by atoms with Crippen LogP contribution >= 0.6 is 0 Å². The third kappa shape index (κ3) is 3.31. The summed E-state index contributed by atoms with van der Waals surface area (Å²) in [4.78, 5) is 10.9. The minimum Gasteiger partial charge on any atom is -0.427 e. The minimum absolute atomic E-state index is 0.157. The molecule has 21 heavy (non-hydrogen) atoms. The van der Waals surface area contributed by atoms with Crippen molar-refractivity contribution in [2.45, 2.75) is 18.9 Å². The van der Waals surface area contributed by atoms with Crippen LogP contribution in [0.15, 0.2) is 54.6 Å². The second-order valence-corrected chi connectivity index (χ2v) is 4.73. The maximum absolute atomic E-state index is 11.0. The van der Waals surface area contributed by atoms with E-state index >= 15 is 0 Å². The molecule has 1 N–H and O–H groups in total. The van der Waals surface area contributed by atoms with E-state index in [1.54, 1.807) is 24.3 Å². The van der Waals surface area contributed by atoms with Crippen molar-refractivity contribution in [3.63, 3.8) is 0 Å². The van der Waals surface area contributed by atoms with E-state index in [0.717, 1.165) is 5.56 Å². The summed E-state index contributed by atoms with van der Waals surface area (Å²) < 4.78 is 4.99. The lowest BCUT2D eigenvalue weighted by Gasteiger charge is -2.27. The highest BCUT2D eigenvalue weighted by Gasteiger charge is 2.30. The van der Waals surface area contributed by atoms with E-state index in [4.69, 9.17) is 11.2 Å². The van der Waals surface area contributed by atoms with E-state index in [-0.39, 0.29) is 12.4 Å². The minimum atomic E-state index is -1.26. The molecule has 0 radical (unpaired) electrons. The summed E-state index contributed by atoms with van der Waals surface area (Å²) in [6.45, 7) is 1.34. The van der Waals surface area contributed by atoms with E-state index in [0.29, 0.717) is 11.3 Å². The monoisotopic (exact) mass is 280 g/mol. The molecule has 0 aliphatic heterocycles. The van der Waals surface area contributed by atoms with E-state index in [1.165, 1.54) is 6.92 Å². The molecular weight excluding hydrogens is 264 g/mol. The van der Waals surface area contributed by atoms with Crippen LogP contribution in [0.2, 0.25) is 0 Å². The van der Waals surface area contributed by atoms with Crippen molar-refractivity contribution < 1.29 is 14.6 Å². The summed E-state index contributed by atoms with van der Waals surface area (Å²) in [5.74, 6) is 2.56. The van der Waals surface area contributed by atoms with Gasteiger partial charge < -0.3 is 9.84 Å². The third-order valence-corrected chi connectivity index (χ3v) is 3.20. The maximum atomic E-state index is 11.0. The largest absolute Gasteiger partial charge is 0.427 e. The molecule has 3 nitrogen and oxygen atoms in total. The Labute approximate surface area is 124 Å². The first-order valence-electron chi connectivity index (χ1n) is 6.56. The predicted molar refractivity (Wildman–Crippen MR) is 80.6 cm³/mol. The average Bonchev–Trinajstić information content (AvgIpc) is 2.48. The molecule has 1 atom stereocenters. The standard InChI is InChI=1S/C18H16O3/c1-3-13-18(20,15-7-5-4-6-8-15)16-9-11-17(12-10-16)21-14(2)19/h1,4-12,20H,13H2,2H3. The fourth-order valence-electron chi connectivity index (χ4n) is 2.20. The summed E-state index contributed by atoms with van der Waals surface area (Å²) in [6.07, 6.45) is 5.56. The molecule has 0 aliphatic carbocycles. The van der Waals surface area contributed by atoms with Crippen LogP contribution in [0.1, 0.15) is 24.5 Å². The number of carbonyl (C=O) groups excluding carboxylic acids is 1. The molecule has 106 valence electrons. The molecule has 2 aromatic carbocycles. The molecular formula is C18H16O3. The van der Waals surface area contributed by atoms with Crippen molar-refractivity contribution in [1.29, 1.82) is 0 Å². The fourth-order valence-corrected chi connectivity index (χ4v) is 2.20. The molecule has 0 aliphatic rings. The number of hydrogen-bond donors (Lipinski definition) is 1. The number of benzene rings is 2. The van der Waals surface area contributed by atoms with Gasteiger partial charge in [-0.15, -0.1) is 12.3 Å². The maximum Gasteiger partial charge on any atom is 0.308 e. The Kier molecular flexibility index (Phi) is 4.42. The summed E-state index contributed by atoms with van der Waals surface area (Å²) in [7, 11) is 0. The topological polar surface area (TPSA) is 46.5 Å². The third-order valence-electron chi connectivity index (χ3n) is 3.20. The zero-order valence-electron chi connectivity index (χ0n) is 11.7. The Morgan fingerprint density at radius 1 is 1.14 bits per heavy atom. The Morgan fingerprint density at radius 2 is 1.71 bits per heavy atom. The second kappa shape index (κ2) is 6.25. The van der Waals surface area contributed by atoms with Gasteiger partial charge in [0.15, 0.2) is 0 Å². The highest BCUT2D eigenvalue weighted by molar-refractivity contribution is 5.69. The van der Waals surface area contributed by atoms with Gasteiger partial charge in [-0.25, -0.2) is 0 Å². The molecule has 0 heterocycles. The number of terminal acetylenes is 1. The number of hydrogen-bond acceptors (Lipinski definition) is 3. The lowest BCUT2D eigenvalue weighted by atomic mass is 9.84. The lowest BCUT2D eigenvalue weighted by molar-refractivity contribution is -0.131.